The Labute approximate surface area is 89.7 Å². The van der Waals surface area contributed by atoms with Gasteiger partial charge in [-0.15, -0.1) is 0 Å². The van der Waals surface area contributed by atoms with Gasteiger partial charge >= 0.3 is 89.7 Å². The molecule has 0 saturated carbocycles. The first kappa shape index (κ1) is 9.30. The first-order chi connectivity index (χ1) is 6.33. The Morgan fingerprint density at radius 2 is 2.08 bits per heavy atom. The Morgan fingerprint density at radius 1 is 1.31 bits per heavy atom. The van der Waals surface area contributed by atoms with E-state index in [1.807, 2.05) is 11.3 Å². The molecule has 2 aromatic rings. The van der Waals surface area contributed by atoms with E-state index in [1.165, 1.54) is 20.9 Å². The Kier molecular flexibility index (Phi) is 2.76. The van der Waals surface area contributed by atoms with Gasteiger partial charge in [0.2, 0.25) is 0 Å². The summed E-state index contributed by atoms with van der Waals surface area (Å²) >= 11 is 2.25. The van der Waals surface area contributed by atoms with Crippen LogP contribution in [-0.2, 0) is 5.21 Å². The van der Waals surface area contributed by atoms with Gasteiger partial charge in [0.1, 0.15) is 0 Å². The second-order valence-electron chi connectivity index (χ2n) is 3.18. The molecule has 1 aromatic heterocycles. The normalized spacial score (nSPS) is 11.8. The van der Waals surface area contributed by atoms with Crippen LogP contribution in [0.5, 0.6) is 0 Å². The molecule has 0 amide bonds. The number of thiophene rings is 1. The summed E-state index contributed by atoms with van der Waals surface area (Å²) in [7, 11) is 0. The van der Waals surface area contributed by atoms with Crippen LogP contribution in [0.4, 0.5) is 0 Å². The molecule has 0 bridgehead atoms. The average molecular weight is 252 g/mol. The van der Waals surface area contributed by atoms with E-state index in [0.29, 0.717) is 0 Å². The third kappa shape index (κ3) is 1.68. The van der Waals surface area contributed by atoms with Crippen LogP contribution in [0.2, 0.25) is 5.71 Å². The third-order valence-corrected chi connectivity index (χ3v) is 5.57. The van der Waals surface area contributed by atoms with Crippen LogP contribution in [-0.4, -0.2) is 15.8 Å². The summed E-state index contributed by atoms with van der Waals surface area (Å²) in [5.41, 5.74) is 3.88. The summed E-state index contributed by atoms with van der Waals surface area (Å²) in [6.07, 6.45) is 0. The van der Waals surface area contributed by atoms with Crippen LogP contribution in [0, 0.1) is 6.92 Å². The third-order valence-electron chi connectivity index (χ3n) is 2.28. The molecule has 0 radical (unpaired) electrons. The summed E-state index contributed by atoms with van der Waals surface area (Å²) in [6.45, 7) is 2.26. The molecule has 0 nitrogen and oxygen atoms in total. The second-order valence-corrected chi connectivity index (χ2v) is 6.54. The average Bonchev–Trinajstić information content (AvgIpc) is 2.46. The molecule has 0 aliphatic heterocycles. The van der Waals surface area contributed by atoms with Gasteiger partial charge in [-0.2, -0.15) is 0 Å². The summed E-state index contributed by atoms with van der Waals surface area (Å²) in [4.78, 5) is 1.61. The maximum absolute atomic E-state index is 2.36. The van der Waals surface area contributed by atoms with Crippen LogP contribution in [0.15, 0.2) is 24.3 Å². The maximum atomic E-state index is 2.36. The van der Waals surface area contributed by atoms with E-state index in [2.05, 4.69) is 36.9 Å². The zero-order valence-corrected chi connectivity index (χ0v) is 10.8. The Morgan fingerprint density at radius 3 is 2.77 bits per heavy atom. The molecule has 1 unspecified atom stereocenters. The predicted molar refractivity (Wildman–Crippen MR) is 63.3 cm³/mol. The number of rotatable bonds is 2. The van der Waals surface area contributed by atoms with Crippen LogP contribution in [0.1, 0.15) is 10.4 Å². The summed E-state index contributed by atoms with van der Waals surface area (Å²) in [6, 6.07) is 8.73. The van der Waals surface area contributed by atoms with Crippen LogP contribution < -0.4 is 0 Å². The monoisotopic (exact) mass is 252 g/mol. The summed E-state index contributed by atoms with van der Waals surface area (Å²) < 4.78 is 1.45. The summed E-state index contributed by atoms with van der Waals surface area (Å²) in [5.74, 6) is 0. The number of hydrogen-bond donors (Lipinski definition) is 0. The molecule has 0 aliphatic carbocycles. The van der Waals surface area contributed by atoms with E-state index in [9.17, 15) is 0 Å². The fraction of sp³-hybridized carbons (Fsp3) is 0.273. The Hall–Kier alpha value is -0.262. The van der Waals surface area contributed by atoms with Gasteiger partial charge in [-0.05, 0) is 0 Å². The minimum atomic E-state index is 0.267. The predicted octanol–water partition coefficient (Wildman–Crippen LogP) is 3.19. The molecule has 0 spiro atoms. The number of aryl methyl sites for hydroxylation is 1. The van der Waals surface area contributed by atoms with Crippen molar-refractivity contribution in [1.82, 2.24) is 0 Å². The van der Waals surface area contributed by atoms with Gasteiger partial charge in [-0.1, -0.05) is 0 Å². The van der Waals surface area contributed by atoms with Gasteiger partial charge in [0, 0.05) is 0 Å². The first-order valence-electron chi connectivity index (χ1n) is 4.44. The van der Waals surface area contributed by atoms with E-state index in [1.54, 1.807) is 4.88 Å². The van der Waals surface area contributed by atoms with Crippen molar-refractivity contribution in [1.29, 1.82) is 0 Å². The van der Waals surface area contributed by atoms with Crippen molar-refractivity contribution in [2.75, 3.05) is 0 Å². The summed E-state index contributed by atoms with van der Waals surface area (Å²) in [5, 5.41) is 2.81. The topological polar surface area (TPSA) is 0 Å². The Balaban J connectivity index is 2.60. The van der Waals surface area contributed by atoms with Crippen LogP contribution in [0.3, 0.4) is 0 Å². The molecule has 0 fully saturated rings. The van der Waals surface area contributed by atoms with E-state index < -0.39 is 0 Å². The van der Waals surface area contributed by atoms with Crippen molar-refractivity contribution in [3.8, 4) is 0 Å². The van der Waals surface area contributed by atoms with Crippen molar-refractivity contribution < 1.29 is 0 Å². The van der Waals surface area contributed by atoms with E-state index in [4.69, 9.17) is 0 Å². The molecular formula is C11H13AsS. The van der Waals surface area contributed by atoms with Gasteiger partial charge in [0.05, 0.1) is 0 Å². The van der Waals surface area contributed by atoms with E-state index in [0.717, 1.165) is 0 Å². The molecule has 1 aromatic carbocycles. The van der Waals surface area contributed by atoms with Crippen LogP contribution in [0.25, 0.3) is 10.1 Å². The Bertz CT molecular complexity index is 417. The zero-order valence-electron chi connectivity index (χ0n) is 7.92. The minimum absolute atomic E-state index is 0.267. The second kappa shape index (κ2) is 3.86. The van der Waals surface area contributed by atoms with Crippen molar-refractivity contribution in [2.24, 2.45) is 0 Å². The molecular weight excluding hydrogens is 239 g/mol. The van der Waals surface area contributed by atoms with Crippen molar-refractivity contribution >= 4 is 37.2 Å². The van der Waals surface area contributed by atoms with Crippen molar-refractivity contribution in [2.45, 2.75) is 17.8 Å². The quantitative estimate of drug-likeness (QED) is 0.720. The molecule has 68 valence electrons. The number of hydrogen-bond acceptors (Lipinski definition) is 1. The van der Waals surface area contributed by atoms with Gasteiger partial charge in [-0.25, -0.2) is 0 Å². The molecule has 13 heavy (non-hydrogen) atoms. The van der Waals surface area contributed by atoms with Crippen molar-refractivity contribution in [3.05, 3.63) is 34.7 Å². The van der Waals surface area contributed by atoms with E-state index >= 15 is 0 Å². The fourth-order valence-corrected chi connectivity index (χ4v) is 5.07. The zero-order chi connectivity index (χ0) is 9.26. The fourth-order valence-electron chi connectivity index (χ4n) is 1.55. The standard InChI is InChI=1S/C11H13AsS/c1-8-9-5-3-4-6-10(9)13-11(8)7-12-2/h3-6,12H,7H2,1-2H3. The number of fused-ring (bicyclic) bond motifs is 1. The molecule has 0 N–H and O–H groups in total. The van der Waals surface area contributed by atoms with Crippen molar-refractivity contribution in [3.63, 3.8) is 0 Å². The molecule has 0 aliphatic rings. The van der Waals surface area contributed by atoms with Gasteiger partial charge in [0.15, 0.2) is 0 Å². The van der Waals surface area contributed by atoms with Gasteiger partial charge < -0.3 is 0 Å². The molecule has 2 heteroatoms. The number of benzene rings is 1. The molecule has 1 heterocycles. The first-order valence-corrected chi connectivity index (χ1v) is 8.84. The molecule has 2 rings (SSSR count). The molecule has 1 atom stereocenters. The molecule has 0 saturated heterocycles. The van der Waals surface area contributed by atoms with Gasteiger partial charge in [0.25, 0.3) is 0 Å². The van der Waals surface area contributed by atoms with Gasteiger partial charge in [-0.3, -0.25) is 0 Å². The van der Waals surface area contributed by atoms with Crippen LogP contribution >= 0.6 is 11.3 Å². The SMILES string of the molecule is C[AsH]Cc1sc2ccccc2c1C. The van der Waals surface area contributed by atoms with E-state index in [-0.39, 0.29) is 15.8 Å².